The Morgan fingerprint density at radius 1 is 1.14 bits per heavy atom. The average molecular weight is 343 g/mol. The van der Waals surface area contributed by atoms with Gasteiger partial charge < -0.3 is 30.1 Å². The molecule has 1 aliphatic carbocycles. The van der Waals surface area contributed by atoms with Crippen LogP contribution in [0.25, 0.3) is 0 Å². The largest absolute Gasteiger partial charge is 0.469 e. The molecule has 0 bridgehead atoms. The first-order valence-corrected chi connectivity index (χ1v) is 9.20. The zero-order valence-electron chi connectivity index (χ0n) is 13.4. The van der Waals surface area contributed by atoms with Gasteiger partial charge in [-0.25, -0.2) is 4.57 Å². The van der Waals surface area contributed by atoms with E-state index in [1.165, 1.54) is 32.1 Å². The molecule has 0 aromatic rings. The van der Waals surface area contributed by atoms with E-state index in [0.29, 0.717) is 19.3 Å². The minimum atomic E-state index is -4.57. The number of nitrogens with two attached hydrogens (primary N) is 1. The fraction of sp³-hybridized carbons (Fsp3) is 1.00. The molecule has 0 radical (unpaired) electrons. The summed E-state index contributed by atoms with van der Waals surface area (Å²) in [6.07, 6.45) is 4.49. The molecule has 1 saturated carbocycles. The highest BCUT2D eigenvalue weighted by Crippen LogP contribution is 2.35. The van der Waals surface area contributed by atoms with E-state index in [1.54, 1.807) is 13.8 Å². The Hall–Kier alpha value is -0.0500. The van der Waals surface area contributed by atoms with Crippen molar-refractivity contribution in [2.45, 2.75) is 64.4 Å². The molecule has 8 nitrogen and oxygen atoms in total. The summed E-state index contributed by atoms with van der Waals surface area (Å²) < 4.78 is 24.5. The monoisotopic (exact) mass is 343 g/mol. The first-order chi connectivity index (χ1) is 10.3. The Balaban J connectivity index is 0.000000518. The van der Waals surface area contributed by atoms with E-state index in [4.69, 9.17) is 25.0 Å². The van der Waals surface area contributed by atoms with Crippen LogP contribution in [0.5, 0.6) is 0 Å². The molecule has 0 amide bonds. The van der Waals surface area contributed by atoms with Crippen LogP contribution in [0.15, 0.2) is 0 Å². The maximum absolute atomic E-state index is 10.4. The van der Waals surface area contributed by atoms with Crippen molar-refractivity contribution in [1.29, 1.82) is 0 Å². The molecule has 22 heavy (non-hydrogen) atoms. The summed E-state index contributed by atoms with van der Waals surface area (Å²) in [6, 6.07) is 0.536. The number of aliphatic hydroxyl groups excluding tert-OH is 1. The summed E-state index contributed by atoms with van der Waals surface area (Å²) in [5.41, 5.74) is 5.63. The Morgan fingerprint density at radius 2 is 1.64 bits per heavy atom. The highest BCUT2D eigenvalue weighted by molar-refractivity contribution is 7.46. The lowest BCUT2D eigenvalue weighted by atomic mass is 9.97. The molecule has 0 aromatic carbocycles. The van der Waals surface area contributed by atoms with Crippen molar-refractivity contribution < 1.29 is 33.5 Å². The summed E-state index contributed by atoms with van der Waals surface area (Å²) >= 11 is 0. The van der Waals surface area contributed by atoms with Crippen LogP contribution < -0.4 is 5.73 Å². The Labute approximate surface area is 132 Å². The van der Waals surface area contributed by atoms with E-state index in [9.17, 15) is 9.67 Å². The van der Waals surface area contributed by atoms with Crippen molar-refractivity contribution in [3.63, 3.8) is 0 Å². The molecule has 1 atom stereocenters. The maximum Gasteiger partial charge on any atom is 0.469 e. The van der Waals surface area contributed by atoms with Crippen molar-refractivity contribution in [2.24, 2.45) is 5.73 Å². The number of phosphoric ester groups is 1. The molecule has 1 fully saturated rings. The quantitative estimate of drug-likeness (QED) is 0.381. The number of hydrogen-bond donors (Lipinski definition) is 4. The number of hydrogen-bond acceptors (Lipinski definition) is 6. The third kappa shape index (κ3) is 12.5. The van der Waals surface area contributed by atoms with Gasteiger partial charge in [0.15, 0.2) is 6.29 Å². The minimum absolute atomic E-state index is 0.317. The maximum atomic E-state index is 10.4. The number of aliphatic hydroxyl groups is 1. The van der Waals surface area contributed by atoms with E-state index < -0.39 is 26.8 Å². The predicted molar refractivity (Wildman–Crippen MR) is 82.1 cm³/mol. The van der Waals surface area contributed by atoms with E-state index in [0.717, 1.165) is 0 Å². The highest BCUT2D eigenvalue weighted by Gasteiger charge is 2.24. The Bertz CT molecular complexity index is 301. The zero-order chi connectivity index (χ0) is 17.0. The van der Waals surface area contributed by atoms with Crippen LogP contribution in [0.1, 0.15) is 46.0 Å². The number of phosphoric acid groups is 1. The Kier molecular flexibility index (Phi) is 12.4. The van der Waals surface area contributed by atoms with Gasteiger partial charge in [-0.3, -0.25) is 4.52 Å². The molecule has 0 heterocycles. The SMILES string of the molecule is CCOC(OCC)[C@H](O)COP(=O)(O)O.NC1CCCCC1. The lowest BCUT2D eigenvalue weighted by molar-refractivity contribution is -0.195. The van der Waals surface area contributed by atoms with Crippen LogP contribution in [-0.2, 0) is 18.6 Å². The van der Waals surface area contributed by atoms with Gasteiger partial charge >= 0.3 is 7.82 Å². The van der Waals surface area contributed by atoms with Crippen LogP contribution in [0.4, 0.5) is 0 Å². The van der Waals surface area contributed by atoms with E-state index >= 15 is 0 Å². The van der Waals surface area contributed by atoms with Crippen molar-refractivity contribution >= 4 is 7.82 Å². The summed E-state index contributed by atoms with van der Waals surface area (Å²) in [5.74, 6) is 0. The van der Waals surface area contributed by atoms with Gasteiger partial charge in [-0.05, 0) is 26.7 Å². The third-order valence-electron chi connectivity index (χ3n) is 3.04. The standard InChI is InChI=1S/C7H17O7P.C6H13N/c1-3-12-7(13-4-2)6(8)5-14-15(9,10)11;7-6-4-2-1-3-5-6/h6-8H,3-5H2,1-2H3,(H2,9,10,11);6H,1-5,7H2/t6-;/m1./s1. The third-order valence-corrected chi connectivity index (χ3v) is 3.52. The van der Waals surface area contributed by atoms with Crippen molar-refractivity contribution in [2.75, 3.05) is 19.8 Å². The van der Waals surface area contributed by atoms with Crippen molar-refractivity contribution in [3.05, 3.63) is 0 Å². The molecule has 0 spiro atoms. The first-order valence-electron chi connectivity index (χ1n) is 7.67. The summed E-state index contributed by atoms with van der Waals surface area (Å²) in [4.78, 5) is 16.8. The van der Waals surface area contributed by atoms with Gasteiger partial charge in [-0.2, -0.15) is 0 Å². The van der Waals surface area contributed by atoms with Gasteiger partial charge in [-0.15, -0.1) is 0 Å². The van der Waals surface area contributed by atoms with Crippen LogP contribution in [-0.4, -0.2) is 53.1 Å². The van der Waals surface area contributed by atoms with E-state index in [1.807, 2.05) is 0 Å². The Morgan fingerprint density at radius 3 is 1.95 bits per heavy atom. The molecule has 0 unspecified atom stereocenters. The average Bonchev–Trinajstić information content (AvgIpc) is 2.45. The fourth-order valence-electron chi connectivity index (χ4n) is 1.98. The second-order valence-electron chi connectivity index (χ2n) is 5.03. The lowest BCUT2D eigenvalue weighted by Gasteiger charge is -2.22. The van der Waals surface area contributed by atoms with Crippen LogP contribution >= 0.6 is 7.82 Å². The van der Waals surface area contributed by atoms with Gasteiger partial charge in [0.25, 0.3) is 0 Å². The van der Waals surface area contributed by atoms with Gasteiger partial charge in [-0.1, -0.05) is 19.3 Å². The smallest absolute Gasteiger partial charge is 0.385 e. The second kappa shape index (κ2) is 12.4. The van der Waals surface area contributed by atoms with Crippen molar-refractivity contribution in [3.8, 4) is 0 Å². The molecule has 0 aliphatic heterocycles. The van der Waals surface area contributed by atoms with Crippen molar-refractivity contribution in [1.82, 2.24) is 0 Å². The zero-order valence-corrected chi connectivity index (χ0v) is 14.3. The van der Waals surface area contributed by atoms with E-state index in [2.05, 4.69) is 4.52 Å². The lowest BCUT2D eigenvalue weighted by Crippen LogP contribution is -2.35. The van der Waals surface area contributed by atoms with Crippen LogP contribution in [0.2, 0.25) is 0 Å². The summed E-state index contributed by atoms with van der Waals surface area (Å²) in [5, 5.41) is 9.42. The number of rotatable bonds is 8. The van der Waals surface area contributed by atoms with E-state index in [-0.39, 0.29) is 0 Å². The normalized spacial score (nSPS) is 18.0. The predicted octanol–water partition coefficient (Wildman–Crippen LogP) is 1.13. The molecule has 1 aliphatic rings. The molecule has 134 valence electrons. The van der Waals surface area contributed by atoms with Crippen LogP contribution in [0.3, 0.4) is 0 Å². The highest BCUT2D eigenvalue weighted by atomic mass is 31.2. The first kappa shape index (κ1) is 21.9. The molecular formula is C13H30NO7P. The van der Waals surface area contributed by atoms with Crippen LogP contribution in [0, 0.1) is 0 Å². The molecule has 0 saturated heterocycles. The molecule has 9 heteroatoms. The topological polar surface area (TPSA) is 131 Å². The van der Waals surface area contributed by atoms with Gasteiger partial charge in [0, 0.05) is 19.3 Å². The van der Waals surface area contributed by atoms with Gasteiger partial charge in [0.05, 0.1) is 6.61 Å². The fourth-order valence-corrected chi connectivity index (χ4v) is 2.33. The van der Waals surface area contributed by atoms with Gasteiger partial charge in [0.2, 0.25) is 0 Å². The molecule has 0 aromatic heterocycles. The number of ether oxygens (including phenoxy) is 2. The molecular weight excluding hydrogens is 313 g/mol. The summed E-state index contributed by atoms with van der Waals surface area (Å²) in [7, 11) is -4.57. The summed E-state index contributed by atoms with van der Waals surface area (Å²) in [6.45, 7) is 3.51. The molecule has 1 rings (SSSR count). The van der Waals surface area contributed by atoms with Gasteiger partial charge in [0.1, 0.15) is 6.10 Å². The minimum Gasteiger partial charge on any atom is -0.385 e. The molecule has 5 N–H and O–H groups in total. The second-order valence-corrected chi connectivity index (χ2v) is 6.27.